The normalized spacial score (nSPS) is 23.5. The van der Waals surface area contributed by atoms with Crippen LogP contribution in [0.1, 0.15) is 25.7 Å². The van der Waals surface area contributed by atoms with Gasteiger partial charge in [-0.25, -0.2) is 0 Å². The first-order chi connectivity index (χ1) is 5.34. The largest absolute Gasteiger partial charge is 0.307 e. The van der Waals surface area contributed by atoms with Gasteiger partial charge in [-0.15, -0.1) is 6.58 Å². The molecule has 1 aliphatic rings. The third-order valence-electron chi connectivity index (χ3n) is 2.04. The summed E-state index contributed by atoms with van der Waals surface area (Å²) in [6.45, 7) is 4.59. The third kappa shape index (κ3) is 2.46. The first-order valence-corrected chi connectivity index (χ1v) is 4.21. The molecule has 0 amide bonds. The molecule has 0 aromatic heterocycles. The average Bonchev–Trinajstić information content (AvgIpc) is 2.52. The quantitative estimate of drug-likeness (QED) is 0.616. The minimum absolute atomic E-state index is 0.148. The van der Waals surface area contributed by atoms with Crippen LogP contribution in [0.3, 0.4) is 0 Å². The lowest BCUT2D eigenvalue weighted by Crippen LogP contribution is -2.30. The van der Waals surface area contributed by atoms with Gasteiger partial charge in [0.2, 0.25) is 0 Å². The van der Waals surface area contributed by atoms with Crippen LogP contribution in [-0.2, 0) is 4.79 Å². The average molecular weight is 153 g/mol. The third-order valence-corrected chi connectivity index (χ3v) is 2.04. The van der Waals surface area contributed by atoms with E-state index in [1.807, 2.05) is 0 Å². The standard InChI is InChI=1S/C9H15NO/c1-2-3-6-9(11)8-5-4-7-10-8/h2,8,10H,1,3-7H2/t8-/m1/s1. The molecule has 0 spiro atoms. The molecule has 1 aliphatic heterocycles. The van der Waals surface area contributed by atoms with E-state index in [9.17, 15) is 4.79 Å². The maximum atomic E-state index is 11.3. The van der Waals surface area contributed by atoms with E-state index in [0.29, 0.717) is 12.2 Å². The van der Waals surface area contributed by atoms with Crippen molar-refractivity contribution in [2.45, 2.75) is 31.7 Å². The second-order valence-corrected chi connectivity index (χ2v) is 2.94. The predicted octanol–water partition coefficient (Wildman–Crippen LogP) is 1.27. The van der Waals surface area contributed by atoms with E-state index in [-0.39, 0.29) is 6.04 Å². The van der Waals surface area contributed by atoms with Crippen molar-refractivity contribution in [3.8, 4) is 0 Å². The Kier molecular flexibility index (Phi) is 3.30. The van der Waals surface area contributed by atoms with Crippen molar-refractivity contribution < 1.29 is 4.79 Å². The summed E-state index contributed by atoms with van der Waals surface area (Å²) in [5.41, 5.74) is 0. The van der Waals surface area contributed by atoms with Gasteiger partial charge in [0.1, 0.15) is 5.78 Å². The lowest BCUT2D eigenvalue weighted by molar-refractivity contribution is -0.120. The molecule has 1 saturated heterocycles. The van der Waals surface area contributed by atoms with Crippen LogP contribution in [0.15, 0.2) is 12.7 Å². The van der Waals surface area contributed by atoms with E-state index < -0.39 is 0 Å². The number of carbonyl (C=O) groups is 1. The summed E-state index contributed by atoms with van der Waals surface area (Å²) in [5, 5.41) is 3.18. The molecule has 0 aromatic carbocycles. The minimum atomic E-state index is 0.148. The van der Waals surface area contributed by atoms with Gasteiger partial charge in [0.15, 0.2) is 0 Å². The fourth-order valence-electron chi connectivity index (χ4n) is 1.38. The van der Waals surface area contributed by atoms with Gasteiger partial charge in [0.05, 0.1) is 6.04 Å². The smallest absolute Gasteiger partial charge is 0.150 e. The van der Waals surface area contributed by atoms with Crippen LogP contribution in [-0.4, -0.2) is 18.4 Å². The Morgan fingerprint density at radius 1 is 1.73 bits per heavy atom. The molecule has 0 radical (unpaired) electrons. The first kappa shape index (κ1) is 8.47. The second-order valence-electron chi connectivity index (χ2n) is 2.94. The molecule has 11 heavy (non-hydrogen) atoms. The summed E-state index contributed by atoms with van der Waals surface area (Å²) >= 11 is 0. The van der Waals surface area contributed by atoms with E-state index in [4.69, 9.17) is 0 Å². The molecule has 62 valence electrons. The molecule has 1 N–H and O–H groups in total. The van der Waals surface area contributed by atoms with Gasteiger partial charge in [-0.1, -0.05) is 6.08 Å². The molecular formula is C9H15NO. The maximum Gasteiger partial charge on any atom is 0.150 e. The number of carbonyl (C=O) groups excluding carboxylic acids is 1. The summed E-state index contributed by atoms with van der Waals surface area (Å²) < 4.78 is 0. The Balaban J connectivity index is 2.22. The van der Waals surface area contributed by atoms with E-state index in [1.54, 1.807) is 6.08 Å². The van der Waals surface area contributed by atoms with Crippen molar-refractivity contribution >= 4 is 5.78 Å². The monoisotopic (exact) mass is 153 g/mol. The molecule has 0 saturated carbocycles. The van der Waals surface area contributed by atoms with Crippen LogP contribution in [0.25, 0.3) is 0 Å². The van der Waals surface area contributed by atoms with Crippen LogP contribution >= 0.6 is 0 Å². The Morgan fingerprint density at radius 2 is 2.55 bits per heavy atom. The minimum Gasteiger partial charge on any atom is -0.307 e. The Hall–Kier alpha value is -0.630. The van der Waals surface area contributed by atoms with E-state index in [2.05, 4.69) is 11.9 Å². The Morgan fingerprint density at radius 3 is 3.09 bits per heavy atom. The Labute approximate surface area is 67.7 Å². The number of hydrogen-bond donors (Lipinski definition) is 1. The van der Waals surface area contributed by atoms with Gasteiger partial charge in [-0.05, 0) is 25.8 Å². The van der Waals surface area contributed by atoms with Crippen molar-refractivity contribution in [2.24, 2.45) is 0 Å². The zero-order valence-corrected chi connectivity index (χ0v) is 6.81. The van der Waals surface area contributed by atoms with Crippen molar-refractivity contribution in [3.05, 3.63) is 12.7 Å². The number of nitrogens with one attached hydrogen (secondary N) is 1. The zero-order valence-electron chi connectivity index (χ0n) is 6.81. The van der Waals surface area contributed by atoms with Crippen LogP contribution in [0.4, 0.5) is 0 Å². The molecule has 2 heteroatoms. The summed E-state index contributed by atoms with van der Waals surface area (Å²) in [4.78, 5) is 11.3. The fourth-order valence-corrected chi connectivity index (χ4v) is 1.38. The summed E-state index contributed by atoms with van der Waals surface area (Å²) in [6, 6.07) is 0.148. The number of Topliss-reactive ketones (excluding diaryl/α,β-unsaturated/α-hetero) is 1. The molecule has 0 aromatic rings. The van der Waals surface area contributed by atoms with Crippen LogP contribution in [0, 0.1) is 0 Å². The highest BCUT2D eigenvalue weighted by atomic mass is 16.1. The molecule has 0 bridgehead atoms. The fraction of sp³-hybridized carbons (Fsp3) is 0.667. The molecule has 0 unspecified atom stereocenters. The highest BCUT2D eigenvalue weighted by Gasteiger charge is 2.20. The maximum absolute atomic E-state index is 11.3. The van der Waals surface area contributed by atoms with Crippen molar-refractivity contribution in [1.29, 1.82) is 0 Å². The van der Waals surface area contributed by atoms with Crippen molar-refractivity contribution in [2.75, 3.05) is 6.54 Å². The van der Waals surface area contributed by atoms with Crippen molar-refractivity contribution in [3.63, 3.8) is 0 Å². The van der Waals surface area contributed by atoms with Crippen LogP contribution in [0.2, 0.25) is 0 Å². The molecule has 0 aliphatic carbocycles. The van der Waals surface area contributed by atoms with E-state index in [0.717, 1.165) is 25.8 Å². The molecule has 1 fully saturated rings. The molecule has 1 atom stereocenters. The van der Waals surface area contributed by atoms with Crippen molar-refractivity contribution in [1.82, 2.24) is 5.32 Å². The lowest BCUT2D eigenvalue weighted by Gasteiger charge is -2.06. The van der Waals surface area contributed by atoms with Gasteiger partial charge in [-0.3, -0.25) is 4.79 Å². The zero-order chi connectivity index (χ0) is 8.10. The number of hydrogen-bond acceptors (Lipinski definition) is 2. The number of allylic oxidation sites excluding steroid dienone is 1. The highest BCUT2D eigenvalue weighted by Crippen LogP contribution is 2.08. The van der Waals surface area contributed by atoms with E-state index in [1.165, 1.54) is 0 Å². The molecule has 1 rings (SSSR count). The molecule has 1 heterocycles. The number of rotatable bonds is 4. The highest BCUT2D eigenvalue weighted by molar-refractivity contribution is 5.84. The van der Waals surface area contributed by atoms with Gasteiger partial charge >= 0.3 is 0 Å². The second kappa shape index (κ2) is 4.29. The van der Waals surface area contributed by atoms with Gasteiger partial charge in [0, 0.05) is 6.42 Å². The summed E-state index contributed by atoms with van der Waals surface area (Å²) in [7, 11) is 0. The SMILES string of the molecule is C=CCCC(=O)[C@H]1CCCN1. The summed E-state index contributed by atoms with van der Waals surface area (Å²) in [5.74, 6) is 0.349. The van der Waals surface area contributed by atoms with Crippen LogP contribution in [0.5, 0.6) is 0 Å². The molecular weight excluding hydrogens is 138 g/mol. The van der Waals surface area contributed by atoms with Gasteiger partial charge in [0.25, 0.3) is 0 Å². The number of ketones is 1. The van der Waals surface area contributed by atoms with Gasteiger partial charge < -0.3 is 5.32 Å². The topological polar surface area (TPSA) is 29.1 Å². The Bertz CT molecular complexity index is 148. The molecule has 2 nitrogen and oxygen atoms in total. The lowest BCUT2D eigenvalue weighted by atomic mass is 10.1. The van der Waals surface area contributed by atoms with Gasteiger partial charge in [-0.2, -0.15) is 0 Å². The first-order valence-electron chi connectivity index (χ1n) is 4.21. The predicted molar refractivity (Wildman–Crippen MR) is 45.5 cm³/mol. The summed E-state index contributed by atoms with van der Waals surface area (Å²) in [6.07, 6.45) is 5.44. The van der Waals surface area contributed by atoms with E-state index >= 15 is 0 Å². The van der Waals surface area contributed by atoms with Crippen LogP contribution < -0.4 is 5.32 Å².